The van der Waals surface area contributed by atoms with Gasteiger partial charge in [0, 0.05) is 44.5 Å². The number of hydrogen-bond donors (Lipinski definition) is 0. The van der Waals surface area contributed by atoms with Gasteiger partial charge in [-0.3, -0.25) is 0 Å². The molecule has 6 nitrogen and oxygen atoms in total. The molecule has 0 fully saturated rings. The Bertz CT molecular complexity index is 2630. The maximum absolute atomic E-state index is 4.96. The van der Waals surface area contributed by atoms with Gasteiger partial charge in [0.1, 0.15) is 22.4 Å². The van der Waals surface area contributed by atoms with Crippen molar-refractivity contribution in [1.82, 2.24) is 23.5 Å². The molecule has 0 radical (unpaired) electrons. The van der Waals surface area contributed by atoms with Crippen LogP contribution < -0.4 is 4.90 Å². The van der Waals surface area contributed by atoms with Gasteiger partial charge in [0.15, 0.2) is 0 Å². The molecular weight excluding hydrogens is 893 g/mol. The molecule has 11 heteroatoms. The van der Waals surface area contributed by atoms with Crippen molar-refractivity contribution in [3.05, 3.63) is 53.4 Å². The van der Waals surface area contributed by atoms with Crippen molar-refractivity contribution in [3.63, 3.8) is 0 Å². The fourth-order valence-corrected chi connectivity index (χ4v) is 15.0. The molecular formula is C54H72N6S5. The first kappa shape index (κ1) is 48.2. The molecule has 0 saturated heterocycles. The number of hydrogen-bond acceptors (Lipinski definition) is 10. The third-order valence-corrected chi connectivity index (χ3v) is 18.8. The predicted octanol–water partition coefficient (Wildman–Crippen LogP) is 18.9. The lowest BCUT2D eigenvalue weighted by Gasteiger charge is -2.25. The van der Waals surface area contributed by atoms with E-state index in [1.807, 2.05) is 34.0 Å². The van der Waals surface area contributed by atoms with E-state index >= 15 is 0 Å². The molecule has 0 saturated carbocycles. The van der Waals surface area contributed by atoms with Crippen molar-refractivity contribution in [2.45, 2.75) is 176 Å². The van der Waals surface area contributed by atoms with Crippen LogP contribution in [-0.4, -0.2) is 36.6 Å². The molecule has 0 bridgehead atoms. The molecule has 0 amide bonds. The predicted molar refractivity (Wildman–Crippen MR) is 291 cm³/mol. The van der Waals surface area contributed by atoms with Crippen molar-refractivity contribution >= 4 is 104 Å². The molecule has 1 atom stereocenters. The number of aromatic nitrogens is 5. The van der Waals surface area contributed by atoms with Crippen LogP contribution in [0.3, 0.4) is 0 Å². The summed E-state index contributed by atoms with van der Waals surface area (Å²) >= 11 is 8.82. The molecule has 8 rings (SSSR count). The summed E-state index contributed by atoms with van der Waals surface area (Å²) in [4.78, 5) is 7.75. The summed E-state index contributed by atoms with van der Waals surface area (Å²) in [5.74, 6) is 0.762. The Kier molecular flexibility index (Phi) is 17.9. The summed E-state index contributed by atoms with van der Waals surface area (Å²) in [5.41, 5.74) is 8.83. The first-order chi connectivity index (χ1) is 32.0. The number of aryl methyl sites for hydroxylation is 1. The van der Waals surface area contributed by atoms with Crippen molar-refractivity contribution in [1.29, 1.82) is 0 Å². The highest BCUT2D eigenvalue weighted by atomic mass is 32.1. The van der Waals surface area contributed by atoms with E-state index in [0.29, 0.717) is 0 Å². The summed E-state index contributed by atoms with van der Waals surface area (Å²) in [6.07, 6.45) is 27.5. The number of fused-ring (bicyclic) bond motifs is 5. The van der Waals surface area contributed by atoms with Crippen LogP contribution in [-0.2, 0) is 13.0 Å². The average Bonchev–Trinajstić information content (AvgIpc) is 4.19. The average molecular weight is 966 g/mol. The second kappa shape index (κ2) is 24.2. The van der Waals surface area contributed by atoms with Crippen molar-refractivity contribution in [2.24, 2.45) is 5.92 Å². The Morgan fingerprint density at radius 3 is 1.71 bits per heavy atom. The normalized spacial score (nSPS) is 12.6. The minimum absolute atomic E-state index is 0.762. The number of anilines is 1. The summed E-state index contributed by atoms with van der Waals surface area (Å²) in [5, 5.41) is 9.89. The first-order valence-corrected chi connectivity index (χ1v) is 29.5. The van der Waals surface area contributed by atoms with E-state index < -0.39 is 0 Å². The Balaban J connectivity index is 1.00. The van der Waals surface area contributed by atoms with E-state index in [-0.39, 0.29) is 0 Å². The van der Waals surface area contributed by atoms with Crippen molar-refractivity contribution < 1.29 is 0 Å². The van der Waals surface area contributed by atoms with Gasteiger partial charge >= 0.3 is 0 Å². The maximum Gasteiger partial charge on any atom is 0.136 e. The van der Waals surface area contributed by atoms with Crippen LogP contribution in [0.5, 0.6) is 0 Å². The molecule has 0 aliphatic heterocycles. The summed E-state index contributed by atoms with van der Waals surface area (Å²) in [7, 11) is 0. The Labute approximate surface area is 409 Å². The third-order valence-electron chi connectivity index (χ3n) is 13.5. The van der Waals surface area contributed by atoms with Gasteiger partial charge in [-0.15, -0.1) is 55.5 Å². The Hall–Kier alpha value is -3.22. The molecule has 348 valence electrons. The highest BCUT2D eigenvalue weighted by Gasteiger charge is 2.24. The smallest absolute Gasteiger partial charge is 0.136 e. The topological polar surface area (TPSA) is 59.7 Å². The molecule has 1 unspecified atom stereocenters. The van der Waals surface area contributed by atoms with E-state index in [0.717, 1.165) is 57.7 Å². The molecule has 0 aliphatic rings. The molecule has 0 spiro atoms. The van der Waals surface area contributed by atoms with Crippen molar-refractivity contribution in [2.75, 3.05) is 18.0 Å². The molecule has 0 aliphatic carbocycles. The van der Waals surface area contributed by atoms with Gasteiger partial charge in [0.25, 0.3) is 0 Å². The minimum atomic E-state index is 0.762. The van der Waals surface area contributed by atoms with Crippen LogP contribution in [0, 0.1) is 5.92 Å². The lowest BCUT2D eigenvalue weighted by molar-refractivity contribution is 0.452. The van der Waals surface area contributed by atoms with Crippen LogP contribution in [0.1, 0.15) is 168 Å². The van der Waals surface area contributed by atoms with Gasteiger partial charge in [-0.25, -0.2) is 0 Å². The summed E-state index contributed by atoms with van der Waals surface area (Å²) in [6.45, 7) is 14.9. The highest BCUT2D eigenvalue weighted by Crippen LogP contribution is 2.47. The maximum atomic E-state index is 4.96. The van der Waals surface area contributed by atoms with Gasteiger partial charge in [0.05, 0.1) is 41.9 Å². The van der Waals surface area contributed by atoms with Crippen LogP contribution in [0.4, 0.5) is 5.69 Å². The van der Waals surface area contributed by atoms with Crippen LogP contribution >= 0.6 is 57.1 Å². The van der Waals surface area contributed by atoms with Crippen molar-refractivity contribution in [3.8, 4) is 31.6 Å². The molecule has 7 aromatic heterocycles. The van der Waals surface area contributed by atoms with E-state index in [9.17, 15) is 0 Å². The van der Waals surface area contributed by atoms with Gasteiger partial charge in [-0.2, -0.15) is 8.75 Å². The Morgan fingerprint density at radius 2 is 1.08 bits per heavy atom. The van der Waals surface area contributed by atoms with Gasteiger partial charge < -0.3 is 9.47 Å². The zero-order valence-electron chi connectivity index (χ0n) is 39.9. The van der Waals surface area contributed by atoms with Gasteiger partial charge in [-0.05, 0) is 73.6 Å². The third kappa shape index (κ3) is 11.7. The molecule has 8 aromatic rings. The summed E-state index contributed by atoms with van der Waals surface area (Å²) in [6, 6.07) is 19.0. The number of rotatable bonds is 29. The monoisotopic (exact) mass is 964 g/mol. The fourth-order valence-electron chi connectivity index (χ4n) is 9.54. The van der Waals surface area contributed by atoms with E-state index in [2.05, 4.69) is 92.6 Å². The largest absolute Gasteiger partial charge is 0.372 e. The zero-order valence-corrected chi connectivity index (χ0v) is 44.0. The van der Waals surface area contributed by atoms with Crippen LogP contribution in [0.25, 0.3) is 72.4 Å². The lowest BCUT2D eigenvalue weighted by Crippen LogP contribution is -2.25. The number of unbranched alkanes of at least 4 members (excludes halogenated alkanes) is 14. The minimum Gasteiger partial charge on any atom is -0.372 e. The number of benzene rings is 1. The SMILES string of the molecule is CCCCCCCCN(CCCCCCCC)c1ccc(-c2cc3sc(-c4nnc(-c5cc6c(s5)c5sc(CC(CC)CCCC)cc5n6CCCCCC)c5nsnc45)cc3s2)cc1. The van der Waals surface area contributed by atoms with E-state index in [1.54, 1.807) is 11.3 Å². The molecule has 1 aromatic carbocycles. The molecule has 65 heavy (non-hydrogen) atoms. The fraction of sp³-hybridized carbons (Fsp3) is 0.556. The van der Waals surface area contributed by atoms with Gasteiger partial charge in [0.2, 0.25) is 0 Å². The number of thiophene rings is 4. The highest BCUT2D eigenvalue weighted by molar-refractivity contribution is 7.31. The van der Waals surface area contributed by atoms with Gasteiger partial charge in [-0.1, -0.05) is 156 Å². The summed E-state index contributed by atoms with van der Waals surface area (Å²) < 4.78 is 17.7. The van der Waals surface area contributed by atoms with Crippen LogP contribution in [0.15, 0.2) is 48.5 Å². The molecule has 7 heterocycles. The standard InChI is InChI=1S/C54H72N6S5/c1-6-11-15-18-20-22-30-59(31-23-21-19-16-12-7-2)40-28-26-39(27-29-40)44-36-45-46(62-44)37-48(63-45)50-52-51(57-65-58-52)49(55-56-50)47-35-43-54(64-47)53-42(60(43)32-24-17-13-8-3)34-41(61-53)33-38(10-5)25-14-9-4/h26-29,34-38H,6-25,30-33H2,1-5H3. The Morgan fingerprint density at radius 1 is 0.538 bits per heavy atom. The first-order valence-electron chi connectivity index (χ1n) is 25.5. The number of nitrogens with zero attached hydrogens (tertiary/aromatic N) is 6. The quantitative estimate of drug-likeness (QED) is 0.0438. The van der Waals surface area contributed by atoms with E-state index in [1.165, 1.54) is 197 Å². The second-order valence-corrected chi connectivity index (χ2v) is 23.3. The van der Waals surface area contributed by atoms with Crippen LogP contribution in [0.2, 0.25) is 0 Å². The zero-order chi connectivity index (χ0) is 45.0. The lowest BCUT2D eigenvalue weighted by atomic mass is 9.95. The van der Waals surface area contributed by atoms with E-state index in [4.69, 9.17) is 18.9 Å². The molecule has 0 N–H and O–H groups in total. The second-order valence-electron chi connectivity index (χ2n) is 18.5.